The van der Waals surface area contributed by atoms with Crippen LogP contribution < -0.4 is 5.32 Å². The minimum Gasteiger partial charge on any atom is -0.352 e. The lowest BCUT2D eigenvalue weighted by molar-refractivity contribution is -0.122. The molecule has 4 nitrogen and oxygen atoms in total. The summed E-state index contributed by atoms with van der Waals surface area (Å²) in [4.78, 5) is 17.1. The fourth-order valence-corrected chi connectivity index (χ4v) is 3.02. The summed E-state index contributed by atoms with van der Waals surface area (Å²) in [5.74, 6) is 0.839. The van der Waals surface area contributed by atoms with Crippen molar-refractivity contribution in [3.8, 4) is 0 Å². The van der Waals surface area contributed by atoms with Crippen LogP contribution in [-0.4, -0.2) is 21.5 Å². The van der Waals surface area contributed by atoms with Gasteiger partial charge in [-0.15, -0.1) is 0 Å². The van der Waals surface area contributed by atoms with Gasteiger partial charge in [-0.25, -0.2) is 4.98 Å². The SMILES string of the molecule is CCC(C)NC(=O)Cn1c(Cc2ccccc2Cl)nc2ccccc21. The molecule has 1 unspecified atom stereocenters. The van der Waals surface area contributed by atoms with E-state index in [4.69, 9.17) is 16.6 Å². The van der Waals surface area contributed by atoms with Crippen molar-refractivity contribution < 1.29 is 4.79 Å². The average molecular weight is 356 g/mol. The molecular weight excluding hydrogens is 334 g/mol. The van der Waals surface area contributed by atoms with Crippen LogP contribution in [0.25, 0.3) is 11.0 Å². The number of halogens is 1. The number of carbonyl (C=O) groups is 1. The summed E-state index contributed by atoms with van der Waals surface area (Å²) >= 11 is 6.30. The number of amides is 1. The normalized spacial score (nSPS) is 12.3. The van der Waals surface area contributed by atoms with Gasteiger partial charge in [0.2, 0.25) is 5.91 Å². The maximum atomic E-state index is 12.4. The van der Waals surface area contributed by atoms with Gasteiger partial charge in [-0.1, -0.05) is 48.9 Å². The zero-order valence-electron chi connectivity index (χ0n) is 14.5. The van der Waals surface area contributed by atoms with Gasteiger partial charge in [0.15, 0.2) is 0 Å². The number of nitrogens with one attached hydrogen (secondary N) is 1. The van der Waals surface area contributed by atoms with E-state index in [9.17, 15) is 4.79 Å². The molecule has 5 heteroatoms. The summed E-state index contributed by atoms with van der Waals surface area (Å²) in [6, 6.07) is 15.8. The smallest absolute Gasteiger partial charge is 0.240 e. The number of aromatic nitrogens is 2. The number of hydrogen-bond donors (Lipinski definition) is 1. The molecule has 0 saturated heterocycles. The second kappa shape index (κ2) is 7.70. The Morgan fingerprint density at radius 2 is 1.92 bits per heavy atom. The van der Waals surface area contributed by atoms with Gasteiger partial charge in [-0.05, 0) is 37.1 Å². The van der Waals surface area contributed by atoms with Crippen molar-refractivity contribution in [3.63, 3.8) is 0 Å². The molecule has 0 bridgehead atoms. The van der Waals surface area contributed by atoms with E-state index in [0.29, 0.717) is 11.4 Å². The van der Waals surface area contributed by atoms with E-state index < -0.39 is 0 Å². The van der Waals surface area contributed by atoms with Crippen molar-refractivity contribution in [1.82, 2.24) is 14.9 Å². The molecule has 3 rings (SSSR count). The summed E-state index contributed by atoms with van der Waals surface area (Å²) in [7, 11) is 0. The number of carbonyl (C=O) groups excluding carboxylic acids is 1. The lowest BCUT2D eigenvalue weighted by Gasteiger charge is -2.14. The Labute approximate surface area is 152 Å². The molecule has 0 fully saturated rings. The molecule has 1 aromatic heterocycles. The second-order valence-corrected chi connectivity index (χ2v) is 6.66. The fraction of sp³-hybridized carbons (Fsp3) is 0.300. The van der Waals surface area contributed by atoms with Gasteiger partial charge in [-0.2, -0.15) is 0 Å². The summed E-state index contributed by atoms with van der Waals surface area (Å²) in [5, 5.41) is 3.73. The highest BCUT2D eigenvalue weighted by molar-refractivity contribution is 6.31. The van der Waals surface area contributed by atoms with Crippen molar-refractivity contribution in [1.29, 1.82) is 0 Å². The van der Waals surface area contributed by atoms with E-state index >= 15 is 0 Å². The molecule has 0 aliphatic heterocycles. The number of fused-ring (bicyclic) bond motifs is 1. The molecule has 1 N–H and O–H groups in total. The fourth-order valence-electron chi connectivity index (χ4n) is 2.82. The van der Waals surface area contributed by atoms with Crippen molar-refractivity contribution >= 4 is 28.5 Å². The van der Waals surface area contributed by atoms with Crippen LogP contribution in [0.2, 0.25) is 5.02 Å². The Kier molecular flexibility index (Phi) is 5.39. The van der Waals surface area contributed by atoms with Gasteiger partial charge in [0.05, 0.1) is 11.0 Å². The molecule has 0 aliphatic rings. The minimum atomic E-state index is -0.00193. The number of hydrogen-bond acceptors (Lipinski definition) is 2. The zero-order valence-corrected chi connectivity index (χ0v) is 15.3. The Morgan fingerprint density at radius 3 is 2.68 bits per heavy atom. The van der Waals surface area contributed by atoms with Crippen LogP contribution in [0.3, 0.4) is 0 Å². The predicted octanol–water partition coefficient (Wildman–Crippen LogP) is 4.20. The number of para-hydroxylation sites is 2. The van der Waals surface area contributed by atoms with Crippen molar-refractivity contribution in [2.45, 2.75) is 39.3 Å². The van der Waals surface area contributed by atoms with Gasteiger partial charge in [0.1, 0.15) is 12.4 Å². The molecule has 3 aromatic rings. The Bertz CT molecular complexity index is 888. The first-order valence-corrected chi connectivity index (χ1v) is 8.93. The number of nitrogens with zero attached hydrogens (tertiary/aromatic N) is 2. The van der Waals surface area contributed by atoms with Crippen molar-refractivity contribution in [3.05, 3.63) is 64.9 Å². The topological polar surface area (TPSA) is 46.9 Å². The largest absolute Gasteiger partial charge is 0.352 e. The Balaban J connectivity index is 1.95. The molecule has 130 valence electrons. The van der Waals surface area contributed by atoms with E-state index in [1.54, 1.807) is 0 Å². The third-order valence-corrected chi connectivity index (χ3v) is 4.73. The third kappa shape index (κ3) is 4.02. The molecule has 0 radical (unpaired) electrons. The molecule has 2 aromatic carbocycles. The van der Waals surface area contributed by atoms with Gasteiger partial charge in [0.25, 0.3) is 0 Å². The van der Waals surface area contributed by atoms with Gasteiger partial charge < -0.3 is 9.88 Å². The van der Waals surface area contributed by atoms with Crippen LogP contribution >= 0.6 is 11.6 Å². The number of benzene rings is 2. The molecular formula is C20H22ClN3O. The quantitative estimate of drug-likeness (QED) is 0.720. The minimum absolute atomic E-state index is 0.00193. The summed E-state index contributed by atoms with van der Waals surface area (Å²) in [6.07, 6.45) is 1.49. The van der Waals surface area contributed by atoms with Gasteiger partial charge >= 0.3 is 0 Å². The molecule has 1 heterocycles. The Hall–Kier alpha value is -2.33. The molecule has 25 heavy (non-hydrogen) atoms. The first-order chi connectivity index (χ1) is 12.1. The predicted molar refractivity (Wildman–Crippen MR) is 102 cm³/mol. The zero-order chi connectivity index (χ0) is 17.8. The monoisotopic (exact) mass is 355 g/mol. The molecule has 0 spiro atoms. The first kappa shape index (κ1) is 17.5. The van der Waals surface area contributed by atoms with E-state index in [0.717, 1.165) is 28.8 Å². The van der Waals surface area contributed by atoms with Crippen molar-refractivity contribution in [2.75, 3.05) is 0 Å². The van der Waals surface area contributed by atoms with Crippen LogP contribution in [0.4, 0.5) is 0 Å². The standard InChI is InChI=1S/C20H22ClN3O/c1-3-14(2)22-20(25)13-24-18-11-7-6-10-17(18)23-19(24)12-15-8-4-5-9-16(15)21/h4-11,14H,3,12-13H2,1-2H3,(H,22,25). The highest BCUT2D eigenvalue weighted by Crippen LogP contribution is 2.22. The van der Waals surface area contributed by atoms with Crippen LogP contribution in [-0.2, 0) is 17.8 Å². The highest BCUT2D eigenvalue weighted by Gasteiger charge is 2.15. The molecule has 1 amide bonds. The third-order valence-electron chi connectivity index (χ3n) is 4.36. The maximum Gasteiger partial charge on any atom is 0.240 e. The lowest BCUT2D eigenvalue weighted by Crippen LogP contribution is -2.34. The van der Waals surface area contributed by atoms with Gasteiger partial charge in [0, 0.05) is 17.5 Å². The van der Waals surface area contributed by atoms with E-state index in [1.807, 2.05) is 60.0 Å². The summed E-state index contributed by atoms with van der Waals surface area (Å²) in [5.41, 5.74) is 2.85. The average Bonchev–Trinajstić information content (AvgIpc) is 2.94. The molecule has 0 saturated carbocycles. The molecule has 0 aliphatic carbocycles. The number of rotatable bonds is 6. The van der Waals surface area contributed by atoms with Crippen LogP contribution in [0.5, 0.6) is 0 Å². The number of imidazole rings is 1. The molecule has 1 atom stereocenters. The highest BCUT2D eigenvalue weighted by atomic mass is 35.5. The van der Waals surface area contributed by atoms with Crippen LogP contribution in [0.1, 0.15) is 31.7 Å². The maximum absolute atomic E-state index is 12.4. The van der Waals surface area contributed by atoms with Crippen molar-refractivity contribution in [2.24, 2.45) is 0 Å². The van der Waals surface area contributed by atoms with E-state index in [-0.39, 0.29) is 18.5 Å². The Morgan fingerprint density at radius 1 is 1.20 bits per heavy atom. The second-order valence-electron chi connectivity index (χ2n) is 6.25. The van der Waals surface area contributed by atoms with E-state index in [1.165, 1.54) is 0 Å². The van der Waals surface area contributed by atoms with Gasteiger partial charge in [-0.3, -0.25) is 4.79 Å². The first-order valence-electron chi connectivity index (χ1n) is 8.55. The summed E-state index contributed by atoms with van der Waals surface area (Å²) < 4.78 is 1.98. The van der Waals surface area contributed by atoms with Crippen LogP contribution in [0, 0.1) is 0 Å². The van der Waals surface area contributed by atoms with E-state index in [2.05, 4.69) is 12.2 Å². The lowest BCUT2D eigenvalue weighted by atomic mass is 10.1. The summed E-state index contributed by atoms with van der Waals surface area (Å²) in [6.45, 7) is 4.32. The van der Waals surface area contributed by atoms with Crippen LogP contribution in [0.15, 0.2) is 48.5 Å².